The number of alkyl halides is 2. The molecule has 0 fully saturated rings. The third-order valence-electron chi connectivity index (χ3n) is 1.54. The van der Waals surface area contributed by atoms with Gasteiger partial charge in [0, 0.05) is 11.6 Å². The predicted molar refractivity (Wildman–Crippen MR) is 48.0 cm³/mol. The van der Waals surface area contributed by atoms with Crippen LogP contribution in [-0.2, 0) is 0 Å². The van der Waals surface area contributed by atoms with E-state index in [0.29, 0.717) is 22.4 Å². The summed E-state index contributed by atoms with van der Waals surface area (Å²) in [4.78, 5) is 0. The lowest BCUT2D eigenvalue weighted by Gasteiger charge is -2.10. The van der Waals surface area contributed by atoms with Crippen molar-refractivity contribution >= 4 is 11.8 Å². The van der Waals surface area contributed by atoms with Crippen LogP contribution in [0.15, 0.2) is 5.03 Å². The second-order valence-corrected chi connectivity index (χ2v) is 3.94. The normalized spacial score (nSPS) is 11.6. The molecule has 0 unspecified atom stereocenters. The molecular weight excluding hydrogens is 194 g/mol. The molecule has 0 aromatic carbocycles. The lowest BCUT2D eigenvalue weighted by Crippen LogP contribution is -2.05. The van der Waals surface area contributed by atoms with Gasteiger partial charge in [0.15, 0.2) is 0 Å². The third-order valence-corrected chi connectivity index (χ3v) is 2.44. The van der Waals surface area contributed by atoms with Crippen molar-refractivity contribution in [1.29, 1.82) is 0 Å². The average molecular weight is 205 g/mol. The molecule has 1 radical (unpaired) electrons. The van der Waals surface area contributed by atoms with Gasteiger partial charge in [0.1, 0.15) is 11.2 Å². The van der Waals surface area contributed by atoms with Crippen LogP contribution in [0.4, 0.5) is 8.78 Å². The SMILES string of the molecule is Cc1[c]nn(C(C)C)c1SC(F)F. The minimum Gasteiger partial charge on any atom is -0.255 e. The lowest BCUT2D eigenvalue weighted by atomic mass is 10.4. The molecule has 0 atom stereocenters. The Morgan fingerprint density at radius 2 is 2.08 bits per heavy atom. The summed E-state index contributed by atoms with van der Waals surface area (Å²) in [5.74, 6) is -2.40. The van der Waals surface area contributed by atoms with Crippen LogP contribution in [0.1, 0.15) is 25.5 Å². The number of aryl methyl sites for hydroxylation is 1. The second-order valence-electron chi connectivity index (χ2n) is 2.96. The molecule has 5 heteroatoms. The van der Waals surface area contributed by atoms with Crippen molar-refractivity contribution in [1.82, 2.24) is 9.78 Å². The van der Waals surface area contributed by atoms with E-state index in [4.69, 9.17) is 0 Å². The Morgan fingerprint density at radius 3 is 2.54 bits per heavy atom. The number of nitrogens with zero attached hydrogens (tertiary/aromatic N) is 2. The minimum absolute atomic E-state index is 0.0891. The molecule has 2 nitrogen and oxygen atoms in total. The standard InChI is InChI=1S/C8H11F2N2S/c1-5(2)12-7(13-8(9)10)6(3)4-11-12/h5,8H,1-3H3. The van der Waals surface area contributed by atoms with E-state index in [1.165, 1.54) is 0 Å². The molecule has 0 aliphatic carbocycles. The van der Waals surface area contributed by atoms with Gasteiger partial charge in [-0.3, -0.25) is 4.68 Å². The summed E-state index contributed by atoms with van der Waals surface area (Å²) in [5.41, 5.74) is 0.680. The van der Waals surface area contributed by atoms with Crippen LogP contribution < -0.4 is 0 Å². The van der Waals surface area contributed by atoms with Gasteiger partial charge in [-0.25, -0.2) is 0 Å². The zero-order valence-electron chi connectivity index (χ0n) is 7.71. The Morgan fingerprint density at radius 1 is 1.46 bits per heavy atom. The van der Waals surface area contributed by atoms with Gasteiger partial charge in [-0.1, -0.05) is 0 Å². The van der Waals surface area contributed by atoms with Crippen LogP contribution in [0.25, 0.3) is 0 Å². The van der Waals surface area contributed by atoms with E-state index in [2.05, 4.69) is 11.3 Å². The van der Waals surface area contributed by atoms with Gasteiger partial charge in [-0.2, -0.15) is 13.9 Å². The van der Waals surface area contributed by atoms with Crippen molar-refractivity contribution in [2.45, 2.75) is 37.6 Å². The quantitative estimate of drug-likeness (QED) is 0.706. The minimum atomic E-state index is -2.40. The first-order valence-electron chi connectivity index (χ1n) is 3.94. The first-order chi connectivity index (χ1) is 6.02. The molecule has 73 valence electrons. The Labute approximate surface area is 80.3 Å². The summed E-state index contributed by atoms with van der Waals surface area (Å²) in [7, 11) is 0. The highest BCUT2D eigenvalue weighted by molar-refractivity contribution is 7.99. The summed E-state index contributed by atoms with van der Waals surface area (Å²) >= 11 is 0.523. The monoisotopic (exact) mass is 205 g/mol. The maximum absolute atomic E-state index is 12.1. The van der Waals surface area contributed by atoms with Crippen LogP contribution in [0.5, 0.6) is 0 Å². The molecule has 1 aromatic heterocycles. The van der Waals surface area contributed by atoms with Crippen molar-refractivity contribution in [2.24, 2.45) is 0 Å². The van der Waals surface area contributed by atoms with Gasteiger partial charge in [0.25, 0.3) is 5.76 Å². The van der Waals surface area contributed by atoms with E-state index < -0.39 is 5.76 Å². The number of hydrogen-bond donors (Lipinski definition) is 0. The van der Waals surface area contributed by atoms with E-state index in [1.807, 2.05) is 13.8 Å². The molecule has 13 heavy (non-hydrogen) atoms. The van der Waals surface area contributed by atoms with Crippen LogP contribution in [0.2, 0.25) is 0 Å². The fourth-order valence-electron chi connectivity index (χ4n) is 0.971. The Kier molecular flexibility index (Phi) is 3.30. The molecule has 0 aliphatic rings. The smallest absolute Gasteiger partial charge is 0.255 e. The van der Waals surface area contributed by atoms with E-state index in [-0.39, 0.29) is 6.04 Å². The van der Waals surface area contributed by atoms with E-state index in [1.54, 1.807) is 11.6 Å². The maximum atomic E-state index is 12.1. The number of thioether (sulfide) groups is 1. The summed E-state index contributed by atoms with van der Waals surface area (Å²) in [6.45, 7) is 5.53. The van der Waals surface area contributed by atoms with E-state index in [0.717, 1.165) is 0 Å². The summed E-state index contributed by atoms with van der Waals surface area (Å²) in [6.07, 6.45) is 2.68. The molecule has 0 saturated heterocycles. The molecule has 1 aromatic rings. The van der Waals surface area contributed by atoms with Gasteiger partial charge in [0.05, 0.1) is 0 Å². The first kappa shape index (κ1) is 10.5. The highest BCUT2D eigenvalue weighted by atomic mass is 32.2. The maximum Gasteiger partial charge on any atom is 0.290 e. The van der Waals surface area contributed by atoms with Crippen molar-refractivity contribution in [3.05, 3.63) is 11.8 Å². The fourth-order valence-corrected chi connectivity index (χ4v) is 1.72. The molecule has 0 bridgehead atoms. The molecule has 0 spiro atoms. The first-order valence-corrected chi connectivity index (χ1v) is 4.82. The number of aromatic nitrogens is 2. The third kappa shape index (κ3) is 2.43. The lowest BCUT2D eigenvalue weighted by molar-refractivity contribution is 0.251. The number of rotatable bonds is 3. The van der Waals surface area contributed by atoms with Gasteiger partial charge in [-0.15, -0.1) is 0 Å². The van der Waals surface area contributed by atoms with Gasteiger partial charge in [0.2, 0.25) is 0 Å². The van der Waals surface area contributed by atoms with Crippen LogP contribution in [0.3, 0.4) is 0 Å². The van der Waals surface area contributed by atoms with Crippen molar-refractivity contribution in [2.75, 3.05) is 0 Å². The molecular formula is C8H11F2N2S. The van der Waals surface area contributed by atoms with Crippen molar-refractivity contribution in [3.63, 3.8) is 0 Å². The van der Waals surface area contributed by atoms with Crippen LogP contribution >= 0.6 is 11.8 Å². The summed E-state index contributed by atoms with van der Waals surface area (Å²) in [5, 5.41) is 4.41. The number of hydrogen-bond acceptors (Lipinski definition) is 2. The Hall–Kier alpha value is -0.580. The number of halogens is 2. The zero-order valence-corrected chi connectivity index (χ0v) is 8.53. The average Bonchev–Trinajstić information content (AvgIpc) is 2.32. The summed E-state index contributed by atoms with van der Waals surface area (Å²) in [6, 6.07) is 0.0891. The zero-order chi connectivity index (χ0) is 10.0. The highest BCUT2D eigenvalue weighted by Gasteiger charge is 2.15. The van der Waals surface area contributed by atoms with E-state index in [9.17, 15) is 8.78 Å². The topological polar surface area (TPSA) is 17.8 Å². The fraction of sp³-hybridized carbons (Fsp3) is 0.625. The molecule has 0 N–H and O–H groups in total. The van der Waals surface area contributed by atoms with Gasteiger partial charge in [-0.05, 0) is 32.5 Å². The summed E-state index contributed by atoms with van der Waals surface area (Å²) < 4.78 is 25.8. The van der Waals surface area contributed by atoms with Crippen LogP contribution in [0, 0.1) is 13.1 Å². The molecule has 0 saturated carbocycles. The molecule has 1 rings (SSSR count). The second kappa shape index (κ2) is 4.09. The molecule has 0 amide bonds. The van der Waals surface area contributed by atoms with E-state index >= 15 is 0 Å². The predicted octanol–water partition coefficient (Wildman–Crippen LogP) is 2.89. The van der Waals surface area contributed by atoms with Gasteiger partial charge >= 0.3 is 0 Å². The van der Waals surface area contributed by atoms with Crippen molar-refractivity contribution < 1.29 is 8.78 Å². The van der Waals surface area contributed by atoms with Gasteiger partial charge < -0.3 is 0 Å². The van der Waals surface area contributed by atoms with Crippen molar-refractivity contribution in [3.8, 4) is 0 Å². The largest absolute Gasteiger partial charge is 0.290 e. The molecule has 1 heterocycles. The van der Waals surface area contributed by atoms with Crippen LogP contribution in [-0.4, -0.2) is 15.5 Å². The molecule has 0 aliphatic heterocycles. The highest BCUT2D eigenvalue weighted by Crippen LogP contribution is 2.29. The Balaban J connectivity index is 2.94. The Bertz CT molecular complexity index is 284.